The van der Waals surface area contributed by atoms with Crippen LogP contribution >= 0.6 is 15.9 Å². The Morgan fingerprint density at radius 2 is 1.85 bits per heavy atom. The molecule has 0 saturated carbocycles. The number of nitrogens with zero attached hydrogens (tertiary/aromatic N) is 1. The van der Waals surface area contributed by atoms with E-state index in [2.05, 4.69) is 59.1 Å². The number of likely N-dealkylation sites (N-methyl/N-ethyl adjacent to an activating group) is 1. The van der Waals surface area contributed by atoms with Crippen molar-refractivity contribution < 1.29 is 0 Å². The molecule has 0 aliphatic rings. The van der Waals surface area contributed by atoms with Crippen LogP contribution in [0.2, 0.25) is 0 Å². The summed E-state index contributed by atoms with van der Waals surface area (Å²) >= 11 is 3.43. The zero-order valence-electron chi connectivity index (χ0n) is 8.26. The normalized spacial score (nSPS) is 10.8. The quantitative estimate of drug-likeness (QED) is 0.784. The molecule has 0 atom stereocenters. The molecule has 13 heavy (non-hydrogen) atoms. The summed E-state index contributed by atoms with van der Waals surface area (Å²) < 4.78 is 1.15. The highest BCUT2D eigenvalue weighted by atomic mass is 79.9. The SMILES string of the molecule is CCN(C)CCc1ccc(Br)cc1. The summed E-state index contributed by atoms with van der Waals surface area (Å²) in [5.41, 5.74) is 1.41. The van der Waals surface area contributed by atoms with Gasteiger partial charge < -0.3 is 4.90 Å². The van der Waals surface area contributed by atoms with Gasteiger partial charge in [0, 0.05) is 11.0 Å². The molecule has 1 nitrogen and oxygen atoms in total. The van der Waals surface area contributed by atoms with Crippen molar-refractivity contribution in [3.8, 4) is 0 Å². The summed E-state index contributed by atoms with van der Waals surface area (Å²) in [6, 6.07) is 8.55. The fourth-order valence-electron chi connectivity index (χ4n) is 1.13. The Hall–Kier alpha value is -0.340. The summed E-state index contributed by atoms with van der Waals surface area (Å²) in [7, 11) is 2.15. The van der Waals surface area contributed by atoms with Crippen LogP contribution in [0, 0.1) is 0 Å². The van der Waals surface area contributed by atoms with Crippen LogP contribution < -0.4 is 0 Å². The molecular weight excluding hydrogens is 226 g/mol. The second-order valence-electron chi connectivity index (χ2n) is 3.27. The van der Waals surface area contributed by atoms with Crippen LogP contribution in [0.15, 0.2) is 28.7 Å². The largest absolute Gasteiger partial charge is 0.306 e. The van der Waals surface area contributed by atoms with Crippen molar-refractivity contribution in [2.24, 2.45) is 0 Å². The molecule has 1 rings (SSSR count). The molecule has 0 heterocycles. The van der Waals surface area contributed by atoms with Crippen LogP contribution in [0.5, 0.6) is 0 Å². The van der Waals surface area contributed by atoms with Gasteiger partial charge in [0.05, 0.1) is 0 Å². The molecule has 0 unspecified atom stereocenters. The predicted molar refractivity (Wildman–Crippen MR) is 61.0 cm³/mol. The molecule has 0 aliphatic heterocycles. The number of halogens is 1. The standard InChI is InChI=1S/C11H16BrN/c1-3-13(2)9-8-10-4-6-11(12)7-5-10/h4-7H,3,8-9H2,1-2H3. The molecule has 0 amide bonds. The molecule has 1 aromatic carbocycles. The maximum absolute atomic E-state index is 3.43. The van der Waals surface area contributed by atoms with E-state index in [0.717, 1.165) is 24.0 Å². The van der Waals surface area contributed by atoms with Gasteiger partial charge in [-0.2, -0.15) is 0 Å². The number of benzene rings is 1. The molecule has 72 valence electrons. The lowest BCUT2D eigenvalue weighted by molar-refractivity contribution is 0.357. The van der Waals surface area contributed by atoms with E-state index >= 15 is 0 Å². The third-order valence-corrected chi connectivity index (χ3v) is 2.76. The summed E-state index contributed by atoms with van der Waals surface area (Å²) in [6.45, 7) is 4.44. The average molecular weight is 242 g/mol. The summed E-state index contributed by atoms with van der Waals surface area (Å²) in [5.74, 6) is 0. The maximum Gasteiger partial charge on any atom is 0.0175 e. The van der Waals surface area contributed by atoms with Gasteiger partial charge in [0.1, 0.15) is 0 Å². The number of hydrogen-bond acceptors (Lipinski definition) is 1. The predicted octanol–water partition coefficient (Wildman–Crippen LogP) is 2.94. The summed E-state index contributed by atoms with van der Waals surface area (Å²) in [5, 5.41) is 0. The monoisotopic (exact) mass is 241 g/mol. The number of hydrogen-bond donors (Lipinski definition) is 0. The minimum Gasteiger partial charge on any atom is -0.306 e. The Morgan fingerprint density at radius 1 is 1.23 bits per heavy atom. The van der Waals surface area contributed by atoms with Crippen LogP contribution in [0.4, 0.5) is 0 Å². The van der Waals surface area contributed by atoms with E-state index in [9.17, 15) is 0 Å². The molecule has 2 heteroatoms. The third kappa shape index (κ3) is 3.92. The van der Waals surface area contributed by atoms with Gasteiger partial charge in [0.25, 0.3) is 0 Å². The number of rotatable bonds is 4. The highest BCUT2D eigenvalue weighted by Gasteiger charge is 1.96. The van der Waals surface area contributed by atoms with Crippen LogP contribution in [0.1, 0.15) is 12.5 Å². The van der Waals surface area contributed by atoms with Crippen LogP contribution in [-0.2, 0) is 6.42 Å². The first-order chi connectivity index (χ1) is 6.22. The fraction of sp³-hybridized carbons (Fsp3) is 0.455. The van der Waals surface area contributed by atoms with E-state index in [1.54, 1.807) is 0 Å². The van der Waals surface area contributed by atoms with E-state index in [4.69, 9.17) is 0 Å². The molecule has 0 radical (unpaired) electrons. The van der Waals surface area contributed by atoms with Gasteiger partial charge >= 0.3 is 0 Å². The van der Waals surface area contributed by atoms with Gasteiger partial charge in [-0.3, -0.25) is 0 Å². The van der Waals surface area contributed by atoms with Gasteiger partial charge in [0.2, 0.25) is 0 Å². The van der Waals surface area contributed by atoms with Crippen molar-refractivity contribution in [3.05, 3.63) is 34.3 Å². The molecule has 1 aromatic rings. The molecule has 0 fully saturated rings. The first-order valence-corrected chi connectivity index (χ1v) is 5.44. The van der Waals surface area contributed by atoms with E-state index in [1.807, 2.05) is 0 Å². The first-order valence-electron chi connectivity index (χ1n) is 4.65. The fourth-order valence-corrected chi connectivity index (χ4v) is 1.39. The minimum atomic E-state index is 1.12. The lowest BCUT2D eigenvalue weighted by atomic mass is 10.1. The van der Waals surface area contributed by atoms with Crippen molar-refractivity contribution in [2.75, 3.05) is 20.1 Å². The second kappa shape index (κ2) is 5.40. The Labute approximate surface area is 88.9 Å². The second-order valence-corrected chi connectivity index (χ2v) is 4.19. The van der Waals surface area contributed by atoms with Gasteiger partial charge in [-0.05, 0) is 37.7 Å². The molecule has 0 spiro atoms. The molecule has 0 aromatic heterocycles. The zero-order chi connectivity index (χ0) is 9.68. The molecular formula is C11H16BrN. The Morgan fingerprint density at radius 3 is 2.38 bits per heavy atom. The van der Waals surface area contributed by atoms with Gasteiger partial charge in [0.15, 0.2) is 0 Å². The van der Waals surface area contributed by atoms with Crippen LogP contribution in [-0.4, -0.2) is 25.0 Å². The Kier molecular flexibility index (Phi) is 4.46. The van der Waals surface area contributed by atoms with Crippen molar-refractivity contribution in [1.29, 1.82) is 0 Å². The lowest BCUT2D eigenvalue weighted by Gasteiger charge is -2.13. The van der Waals surface area contributed by atoms with Gasteiger partial charge in [-0.15, -0.1) is 0 Å². The third-order valence-electron chi connectivity index (χ3n) is 2.24. The lowest BCUT2D eigenvalue weighted by Crippen LogP contribution is -2.20. The smallest absolute Gasteiger partial charge is 0.0175 e. The zero-order valence-corrected chi connectivity index (χ0v) is 9.84. The Balaban J connectivity index is 2.41. The van der Waals surface area contributed by atoms with Gasteiger partial charge in [-0.1, -0.05) is 35.0 Å². The van der Waals surface area contributed by atoms with Crippen molar-refractivity contribution >= 4 is 15.9 Å². The maximum atomic E-state index is 3.43. The van der Waals surface area contributed by atoms with Crippen molar-refractivity contribution in [3.63, 3.8) is 0 Å². The average Bonchev–Trinajstić information content (AvgIpc) is 2.16. The molecule has 0 bridgehead atoms. The van der Waals surface area contributed by atoms with Crippen molar-refractivity contribution in [1.82, 2.24) is 4.90 Å². The molecule has 0 N–H and O–H groups in total. The van der Waals surface area contributed by atoms with Gasteiger partial charge in [-0.25, -0.2) is 0 Å². The van der Waals surface area contributed by atoms with E-state index < -0.39 is 0 Å². The molecule has 0 saturated heterocycles. The topological polar surface area (TPSA) is 3.24 Å². The van der Waals surface area contributed by atoms with E-state index in [0.29, 0.717) is 0 Å². The first kappa shape index (κ1) is 10.7. The van der Waals surface area contributed by atoms with E-state index in [1.165, 1.54) is 5.56 Å². The summed E-state index contributed by atoms with van der Waals surface area (Å²) in [4.78, 5) is 2.32. The molecule has 0 aliphatic carbocycles. The summed E-state index contributed by atoms with van der Waals surface area (Å²) in [6.07, 6.45) is 1.14. The van der Waals surface area contributed by atoms with Crippen LogP contribution in [0.25, 0.3) is 0 Å². The van der Waals surface area contributed by atoms with Crippen molar-refractivity contribution in [2.45, 2.75) is 13.3 Å². The minimum absolute atomic E-state index is 1.12. The van der Waals surface area contributed by atoms with E-state index in [-0.39, 0.29) is 0 Å². The Bertz CT molecular complexity index is 243. The highest BCUT2D eigenvalue weighted by molar-refractivity contribution is 9.10. The highest BCUT2D eigenvalue weighted by Crippen LogP contribution is 2.10. The van der Waals surface area contributed by atoms with Crippen LogP contribution in [0.3, 0.4) is 0 Å².